The number of hydrogen-bond donors (Lipinski definition) is 1. The minimum Gasteiger partial charge on any atom is -0.481 e. The number of carbonyl (C=O) groups excluding carboxylic acids is 1. The molecule has 1 amide bonds. The summed E-state index contributed by atoms with van der Waals surface area (Å²) in [6, 6.07) is 5.44. The van der Waals surface area contributed by atoms with Crippen LogP contribution < -0.4 is 5.56 Å². The summed E-state index contributed by atoms with van der Waals surface area (Å²) in [6.07, 6.45) is 2.11. The van der Waals surface area contributed by atoms with Crippen LogP contribution in [0.25, 0.3) is 10.9 Å². The van der Waals surface area contributed by atoms with Gasteiger partial charge < -0.3 is 10.0 Å². The van der Waals surface area contributed by atoms with Gasteiger partial charge >= 0.3 is 5.97 Å². The minimum atomic E-state index is -0.865. The second kappa shape index (κ2) is 6.43. The Hall–Kier alpha value is -2.70. The normalized spacial score (nSPS) is 17.4. The lowest BCUT2D eigenvalue weighted by Crippen LogP contribution is -2.31. The van der Waals surface area contributed by atoms with E-state index in [2.05, 4.69) is 4.98 Å². The van der Waals surface area contributed by atoms with Crippen LogP contribution in [0, 0.1) is 12.8 Å². The van der Waals surface area contributed by atoms with Crippen molar-refractivity contribution < 1.29 is 14.7 Å². The molecule has 2 heterocycles. The predicted octanol–water partition coefficient (Wildman–Crippen LogP) is 1.03. The van der Waals surface area contributed by atoms with Crippen LogP contribution in [0.3, 0.4) is 0 Å². The molecule has 1 aliphatic rings. The molecule has 0 saturated carbocycles. The number of carboxylic acid groups (broad SMARTS) is 1. The van der Waals surface area contributed by atoms with Crippen molar-refractivity contribution in [2.45, 2.75) is 26.3 Å². The van der Waals surface area contributed by atoms with Gasteiger partial charge in [-0.3, -0.25) is 19.0 Å². The van der Waals surface area contributed by atoms with E-state index < -0.39 is 11.9 Å². The van der Waals surface area contributed by atoms with Crippen molar-refractivity contribution >= 4 is 22.8 Å². The third kappa shape index (κ3) is 3.02. The first-order valence-corrected chi connectivity index (χ1v) is 7.92. The van der Waals surface area contributed by atoms with Crippen molar-refractivity contribution in [2.24, 2.45) is 5.92 Å². The molecule has 1 fully saturated rings. The van der Waals surface area contributed by atoms with E-state index in [1.165, 1.54) is 10.9 Å². The van der Waals surface area contributed by atoms with E-state index in [0.717, 1.165) is 5.56 Å². The molecule has 1 saturated heterocycles. The summed E-state index contributed by atoms with van der Waals surface area (Å²) in [6.45, 7) is 2.84. The molecule has 7 nitrogen and oxygen atoms in total. The van der Waals surface area contributed by atoms with Gasteiger partial charge in [0.15, 0.2) is 0 Å². The molecule has 1 atom stereocenters. The summed E-state index contributed by atoms with van der Waals surface area (Å²) >= 11 is 0. The summed E-state index contributed by atoms with van der Waals surface area (Å²) in [5, 5.41) is 9.53. The van der Waals surface area contributed by atoms with E-state index in [0.29, 0.717) is 23.9 Å². The topological polar surface area (TPSA) is 92.5 Å². The Balaban J connectivity index is 1.70. The molecular weight excluding hydrogens is 310 g/mol. The number of aliphatic carboxylic acids is 1. The van der Waals surface area contributed by atoms with Crippen LogP contribution in [0.1, 0.15) is 18.4 Å². The Morgan fingerprint density at radius 1 is 1.38 bits per heavy atom. The van der Waals surface area contributed by atoms with Crippen molar-refractivity contribution in [3.8, 4) is 0 Å². The third-order valence-corrected chi connectivity index (χ3v) is 4.51. The maximum absolute atomic E-state index is 12.5. The number of carboxylic acids is 1. The molecule has 2 aromatic rings. The molecule has 0 aliphatic carbocycles. The van der Waals surface area contributed by atoms with Gasteiger partial charge in [0.2, 0.25) is 5.91 Å². The summed E-state index contributed by atoms with van der Waals surface area (Å²) in [4.78, 5) is 41.5. The van der Waals surface area contributed by atoms with Crippen LogP contribution in [-0.2, 0) is 16.1 Å². The van der Waals surface area contributed by atoms with Crippen molar-refractivity contribution in [3.63, 3.8) is 0 Å². The lowest BCUT2D eigenvalue weighted by atomic mass is 10.1. The molecule has 7 heteroatoms. The Bertz CT molecular complexity index is 859. The number of fused-ring (bicyclic) bond motifs is 1. The van der Waals surface area contributed by atoms with Gasteiger partial charge in [-0.15, -0.1) is 0 Å². The smallest absolute Gasteiger partial charge is 0.308 e. The molecule has 1 N–H and O–H groups in total. The zero-order valence-electron chi connectivity index (χ0n) is 13.4. The number of para-hydroxylation sites is 1. The number of nitrogens with zero attached hydrogens (tertiary/aromatic N) is 3. The van der Waals surface area contributed by atoms with Gasteiger partial charge in [-0.1, -0.05) is 12.1 Å². The highest BCUT2D eigenvalue weighted by molar-refractivity contribution is 5.81. The summed E-state index contributed by atoms with van der Waals surface area (Å²) < 4.78 is 1.43. The predicted molar refractivity (Wildman–Crippen MR) is 87.7 cm³/mol. The summed E-state index contributed by atoms with van der Waals surface area (Å²) in [5.74, 6) is -1.48. The third-order valence-electron chi connectivity index (χ3n) is 4.51. The molecule has 24 heavy (non-hydrogen) atoms. The van der Waals surface area contributed by atoms with Gasteiger partial charge in [-0.05, 0) is 25.0 Å². The van der Waals surface area contributed by atoms with Crippen molar-refractivity contribution in [1.82, 2.24) is 14.5 Å². The monoisotopic (exact) mass is 329 g/mol. The van der Waals surface area contributed by atoms with Crippen LogP contribution in [0.15, 0.2) is 29.3 Å². The second-order valence-electron chi connectivity index (χ2n) is 6.13. The highest BCUT2D eigenvalue weighted by atomic mass is 16.4. The van der Waals surface area contributed by atoms with E-state index in [1.807, 2.05) is 19.1 Å². The number of amides is 1. The fourth-order valence-electron chi connectivity index (χ4n) is 3.06. The maximum atomic E-state index is 12.5. The molecular formula is C17H19N3O4. The van der Waals surface area contributed by atoms with Gasteiger partial charge in [0.25, 0.3) is 5.56 Å². The van der Waals surface area contributed by atoms with Crippen LogP contribution >= 0.6 is 0 Å². The summed E-state index contributed by atoms with van der Waals surface area (Å²) in [5.41, 5.74) is 1.44. The Morgan fingerprint density at radius 2 is 2.17 bits per heavy atom. The van der Waals surface area contributed by atoms with Crippen LogP contribution in [0.2, 0.25) is 0 Å². The zero-order chi connectivity index (χ0) is 17.3. The zero-order valence-corrected chi connectivity index (χ0v) is 13.4. The quantitative estimate of drug-likeness (QED) is 0.904. The molecule has 1 aliphatic heterocycles. The first-order chi connectivity index (χ1) is 11.5. The van der Waals surface area contributed by atoms with Gasteiger partial charge in [0, 0.05) is 26.1 Å². The van der Waals surface area contributed by atoms with Gasteiger partial charge in [-0.2, -0.15) is 0 Å². The molecule has 0 radical (unpaired) electrons. The maximum Gasteiger partial charge on any atom is 0.308 e. The number of aryl methyl sites for hydroxylation is 2. The summed E-state index contributed by atoms with van der Waals surface area (Å²) in [7, 11) is 0. The first-order valence-electron chi connectivity index (χ1n) is 7.92. The fourth-order valence-corrected chi connectivity index (χ4v) is 3.06. The Morgan fingerprint density at radius 3 is 2.88 bits per heavy atom. The van der Waals surface area contributed by atoms with Crippen molar-refractivity contribution in [2.75, 3.05) is 13.1 Å². The molecule has 1 aromatic carbocycles. The van der Waals surface area contributed by atoms with Crippen LogP contribution in [0.5, 0.6) is 0 Å². The number of rotatable bonds is 4. The van der Waals surface area contributed by atoms with Crippen LogP contribution in [0.4, 0.5) is 0 Å². The van der Waals surface area contributed by atoms with E-state index in [1.54, 1.807) is 11.0 Å². The number of hydrogen-bond acceptors (Lipinski definition) is 4. The number of aromatic nitrogens is 2. The average molecular weight is 329 g/mol. The fraction of sp³-hybridized carbons (Fsp3) is 0.412. The highest BCUT2D eigenvalue weighted by Gasteiger charge is 2.30. The second-order valence-corrected chi connectivity index (χ2v) is 6.13. The van der Waals surface area contributed by atoms with Crippen LogP contribution in [-0.4, -0.2) is 44.5 Å². The molecule has 126 valence electrons. The molecule has 1 aromatic heterocycles. The number of carbonyl (C=O) groups is 2. The SMILES string of the molecule is Cc1cccc2c(=O)n(CCC(=O)N3CCC(C(=O)O)C3)cnc12. The van der Waals surface area contributed by atoms with Crippen molar-refractivity contribution in [1.29, 1.82) is 0 Å². The largest absolute Gasteiger partial charge is 0.481 e. The average Bonchev–Trinajstić information content (AvgIpc) is 3.05. The molecule has 0 spiro atoms. The number of benzene rings is 1. The van der Waals surface area contributed by atoms with Gasteiger partial charge in [-0.25, -0.2) is 4.98 Å². The Labute approximate surface area is 138 Å². The van der Waals surface area contributed by atoms with E-state index in [-0.39, 0.29) is 31.0 Å². The standard InChI is InChI=1S/C17H19N3O4/c1-11-3-2-4-13-15(11)18-10-20(16(13)22)8-6-14(21)19-7-5-12(9-19)17(23)24/h2-4,10,12H,5-9H2,1H3,(H,23,24). The highest BCUT2D eigenvalue weighted by Crippen LogP contribution is 2.17. The molecule has 3 rings (SSSR count). The van der Waals surface area contributed by atoms with Crippen molar-refractivity contribution in [3.05, 3.63) is 40.4 Å². The number of likely N-dealkylation sites (tertiary alicyclic amines) is 1. The lowest BCUT2D eigenvalue weighted by Gasteiger charge is -2.16. The Kier molecular flexibility index (Phi) is 4.33. The van der Waals surface area contributed by atoms with E-state index >= 15 is 0 Å². The lowest BCUT2D eigenvalue weighted by molar-refractivity contribution is -0.141. The minimum absolute atomic E-state index is 0.130. The molecule has 0 bridgehead atoms. The van der Waals surface area contributed by atoms with Gasteiger partial charge in [0.05, 0.1) is 23.1 Å². The molecule has 1 unspecified atom stereocenters. The van der Waals surface area contributed by atoms with Gasteiger partial charge in [0.1, 0.15) is 0 Å². The van der Waals surface area contributed by atoms with E-state index in [9.17, 15) is 14.4 Å². The van der Waals surface area contributed by atoms with E-state index in [4.69, 9.17) is 5.11 Å². The first kappa shape index (κ1) is 16.2.